The highest BCUT2D eigenvalue weighted by atomic mass is 32.2. The molecule has 0 bridgehead atoms. The van der Waals surface area contributed by atoms with Crippen LogP contribution >= 0.6 is 11.8 Å². The number of amides is 1. The maximum Gasteiger partial charge on any atom is 0.234 e. The number of carbonyl (C=O) groups is 1. The molecule has 4 nitrogen and oxygen atoms in total. The molecule has 1 aliphatic rings. The molecule has 2 atom stereocenters. The van der Waals surface area contributed by atoms with Gasteiger partial charge in [0.05, 0.1) is 7.11 Å². The van der Waals surface area contributed by atoms with Crippen LogP contribution in [-0.2, 0) is 4.79 Å². The van der Waals surface area contributed by atoms with Gasteiger partial charge in [-0.25, -0.2) is 5.43 Å². The van der Waals surface area contributed by atoms with Crippen LogP contribution in [0.4, 0.5) is 0 Å². The number of hydrazine groups is 1. The number of allylic oxidation sites excluding steroid dienone is 1. The van der Waals surface area contributed by atoms with Crippen LogP contribution in [0.1, 0.15) is 25.8 Å². The van der Waals surface area contributed by atoms with Gasteiger partial charge in [0.15, 0.2) is 0 Å². The Morgan fingerprint density at radius 3 is 2.96 bits per heavy atom. The van der Waals surface area contributed by atoms with Crippen LogP contribution in [0.5, 0.6) is 5.75 Å². The van der Waals surface area contributed by atoms with Crippen molar-refractivity contribution in [2.24, 2.45) is 5.92 Å². The van der Waals surface area contributed by atoms with Crippen molar-refractivity contribution in [3.8, 4) is 5.75 Å². The summed E-state index contributed by atoms with van der Waals surface area (Å²) in [6, 6.07) is 6.38. The van der Waals surface area contributed by atoms with Gasteiger partial charge < -0.3 is 4.74 Å². The lowest BCUT2D eigenvalue weighted by Crippen LogP contribution is -2.52. The van der Waals surface area contributed by atoms with Crippen LogP contribution in [0, 0.1) is 5.92 Å². The fourth-order valence-electron chi connectivity index (χ4n) is 2.53. The smallest absolute Gasteiger partial charge is 0.234 e. The zero-order valence-corrected chi connectivity index (χ0v) is 14.7. The van der Waals surface area contributed by atoms with Crippen molar-refractivity contribution in [2.45, 2.75) is 31.2 Å². The molecule has 124 valence electrons. The summed E-state index contributed by atoms with van der Waals surface area (Å²) in [5, 5.41) is 0. The molecular formula is C18H24N2O2S. The first-order valence-corrected chi connectivity index (χ1v) is 8.68. The van der Waals surface area contributed by atoms with Crippen molar-refractivity contribution < 1.29 is 9.53 Å². The van der Waals surface area contributed by atoms with E-state index in [0.717, 1.165) is 27.5 Å². The largest absolute Gasteiger partial charge is 0.496 e. The topological polar surface area (TPSA) is 50.4 Å². The fraction of sp³-hybridized carbons (Fsp3) is 0.389. The maximum absolute atomic E-state index is 11.4. The normalized spacial score (nSPS) is 21.7. The minimum absolute atomic E-state index is 0.0464. The molecule has 0 aliphatic carbocycles. The zero-order valence-electron chi connectivity index (χ0n) is 13.9. The van der Waals surface area contributed by atoms with Gasteiger partial charge in [-0.15, -0.1) is 18.3 Å². The SMILES string of the molecule is C=CCSc1ccc(/C(C)=C/C2NNC(=O)CC2C)cc1OC. The van der Waals surface area contributed by atoms with Gasteiger partial charge in [-0.1, -0.05) is 25.1 Å². The molecule has 1 aliphatic heterocycles. The van der Waals surface area contributed by atoms with Gasteiger partial charge in [-0.3, -0.25) is 10.2 Å². The number of methoxy groups -OCH3 is 1. The second kappa shape index (κ2) is 8.22. The molecule has 1 aromatic carbocycles. The Bertz CT molecular complexity index is 613. The lowest BCUT2D eigenvalue weighted by molar-refractivity contribution is -0.125. The molecule has 0 radical (unpaired) electrons. The predicted molar refractivity (Wildman–Crippen MR) is 96.4 cm³/mol. The molecule has 0 aromatic heterocycles. The summed E-state index contributed by atoms with van der Waals surface area (Å²) < 4.78 is 5.50. The van der Waals surface area contributed by atoms with Crippen molar-refractivity contribution in [1.82, 2.24) is 10.9 Å². The van der Waals surface area contributed by atoms with E-state index in [1.807, 2.05) is 6.08 Å². The number of ether oxygens (including phenoxy) is 1. The molecule has 5 heteroatoms. The summed E-state index contributed by atoms with van der Waals surface area (Å²) >= 11 is 1.71. The molecule has 1 saturated heterocycles. The van der Waals surface area contributed by atoms with Crippen LogP contribution in [0.2, 0.25) is 0 Å². The summed E-state index contributed by atoms with van der Waals surface area (Å²) in [4.78, 5) is 12.5. The first kappa shape index (κ1) is 17.6. The number of thioether (sulfide) groups is 1. The number of hydrogen-bond acceptors (Lipinski definition) is 4. The molecule has 0 saturated carbocycles. The minimum atomic E-state index is 0.0464. The van der Waals surface area contributed by atoms with Crippen molar-refractivity contribution >= 4 is 23.2 Å². The van der Waals surface area contributed by atoms with E-state index < -0.39 is 0 Å². The monoisotopic (exact) mass is 332 g/mol. The van der Waals surface area contributed by atoms with Crippen LogP contribution in [0.3, 0.4) is 0 Å². The summed E-state index contributed by atoms with van der Waals surface area (Å²) in [7, 11) is 1.69. The molecule has 2 N–H and O–H groups in total. The first-order chi connectivity index (χ1) is 11.0. The maximum atomic E-state index is 11.4. The molecule has 1 heterocycles. The third-order valence-corrected chi connectivity index (χ3v) is 4.95. The van der Waals surface area contributed by atoms with Crippen molar-refractivity contribution in [3.63, 3.8) is 0 Å². The number of nitrogens with one attached hydrogen (secondary N) is 2. The molecule has 2 unspecified atom stereocenters. The van der Waals surface area contributed by atoms with E-state index in [1.165, 1.54) is 0 Å². The van der Waals surface area contributed by atoms with Crippen LogP contribution in [-0.4, -0.2) is 24.8 Å². The summed E-state index contributed by atoms with van der Waals surface area (Å²) in [6.45, 7) is 7.91. The molecule has 2 rings (SSSR count). The van der Waals surface area contributed by atoms with Crippen molar-refractivity contribution in [3.05, 3.63) is 42.5 Å². The highest BCUT2D eigenvalue weighted by Gasteiger charge is 2.23. The van der Waals surface area contributed by atoms with E-state index in [-0.39, 0.29) is 17.9 Å². The van der Waals surface area contributed by atoms with E-state index in [9.17, 15) is 4.79 Å². The Kier molecular flexibility index (Phi) is 6.30. The lowest BCUT2D eigenvalue weighted by Gasteiger charge is -2.28. The average Bonchev–Trinajstić information content (AvgIpc) is 2.55. The number of carbonyl (C=O) groups excluding carboxylic acids is 1. The highest BCUT2D eigenvalue weighted by molar-refractivity contribution is 7.99. The Morgan fingerprint density at radius 2 is 2.30 bits per heavy atom. The Balaban J connectivity index is 2.18. The van der Waals surface area contributed by atoms with E-state index in [0.29, 0.717) is 6.42 Å². The summed E-state index contributed by atoms with van der Waals surface area (Å²) in [6.07, 6.45) is 4.59. The second-order valence-electron chi connectivity index (χ2n) is 5.71. The van der Waals surface area contributed by atoms with Gasteiger partial charge in [0.25, 0.3) is 0 Å². The Morgan fingerprint density at radius 1 is 1.52 bits per heavy atom. The van der Waals surface area contributed by atoms with E-state index in [1.54, 1.807) is 18.9 Å². The molecule has 1 aromatic rings. The summed E-state index contributed by atoms with van der Waals surface area (Å²) in [5.74, 6) is 2.04. The Labute approximate surface area is 142 Å². The van der Waals surface area contributed by atoms with Crippen molar-refractivity contribution in [2.75, 3.05) is 12.9 Å². The average molecular weight is 332 g/mol. The van der Waals surface area contributed by atoms with Gasteiger partial charge in [0.2, 0.25) is 5.91 Å². The molecule has 23 heavy (non-hydrogen) atoms. The number of hydrogen-bond donors (Lipinski definition) is 2. The molecule has 1 fully saturated rings. The fourth-order valence-corrected chi connectivity index (χ4v) is 3.28. The van der Waals surface area contributed by atoms with Gasteiger partial charge in [-0.2, -0.15) is 0 Å². The third kappa shape index (κ3) is 4.62. The second-order valence-corrected chi connectivity index (χ2v) is 6.78. The molecular weight excluding hydrogens is 308 g/mol. The van der Waals surface area contributed by atoms with Crippen LogP contribution in [0.25, 0.3) is 5.57 Å². The van der Waals surface area contributed by atoms with E-state index in [2.05, 4.69) is 55.6 Å². The lowest BCUT2D eigenvalue weighted by atomic mass is 9.93. The third-order valence-electron chi connectivity index (χ3n) is 3.90. The predicted octanol–water partition coefficient (Wildman–Crippen LogP) is 3.41. The minimum Gasteiger partial charge on any atom is -0.496 e. The van der Waals surface area contributed by atoms with E-state index >= 15 is 0 Å². The number of rotatable bonds is 6. The van der Waals surface area contributed by atoms with Gasteiger partial charge in [-0.05, 0) is 36.1 Å². The molecule has 0 spiro atoms. The quantitative estimate of drug-likeness (QED) is 0.619. The number of benzene rings is 1. The highest BCUT2D eigenvalue weighted by Crippen LogP contribution is 2.32. The van der Waals surface area contributed by atoms with Crippen LogP contribution < -0.4 is 15.6 Å². The van der Waals surface area contributed by atoms with Gasteiger partial charge in [0.1, 0.15) is 5.75 Å². The van der Waals surface area contributed by atoms with E-state index in [4.69, 9.17) is 4.74 Å². The van der Waals surface area contributed by atoms with Gasteiger partial charge in [0, 0.05) is 23.1 Å². The summed E-state index contributed by atoms with van der Waals surface area (Å²) in [5.41, 5.74) is 8.05. The molecule has 1 amide bonds. The van der Waals surface area contributed by atoms with Crippen LogP contribution in [0.15, 0.2) is 41.8 Å². The Hall–Kier alpha value is -1.72. The van der Waals surface area contributed by atoms with Crippen molar-refractivity contribution in [1.29, 1.82) is 0 Å². The zero-order chi connectivity index (χ0) is 16.8. The van der Waals surface area contributed by atoms with Gasteiger partial charge >= 0.3 is 0 Å². The standard InChI is InChI=1S/C18H24N2O2S/c1-5-8-23-17-7-6-14(11-16(17)22-4)12(2)9-15-13(3)10-18(21)20-19-15/h5-7,9,11,13,15,19H,1,8,10H2,2-4H3,(H,20,21)/b12-9+. The first-order valence-electron chi connectivity index (χ1n) is 7.70.